The van der Waals surface area contributed by atoms with Crippen molar-refractivity contribution in [1.82, 2.24) is 20.1 Å². The summed E-state index contributed by atoms with van der Waals surface area (Å²) < 4.78 is 44.0. The van der Waals surface area contributed by atoms with E-state index in [-0.39, 0.29) is 6.04 Å². The van der Waals surface area contributed by atoms with E-state index in [2.05, 4.69) is 15.4 Å². The molecular weight excluding hydrogens is 273 g/mol. The number of fused-ring (bicyclic) bond motifs is 1. The molecule has 0 unspecified atom stereocenters. The molecule has 0 bridgehead atoms. The van der Waals surface area contributed by atoms with E-state index in [1.165, 1.54) is 0 Å². The van der Waals surface area contributed by atoms with Crippen LogP contribution in [-0.2, 0) is 6.18 Å². The first kappa shape index (κ1) is 12.9. The third-order valence-corrected chi connectivity index (χ3v) is 3.14. The molecule has 0 aliphatic carbocycles. The first-order valence-corrected chi connectivity index (χ1v) is 5.92. The SMILES string of the molecule is CN[C@@H]1COc2cc(-n3cnc(C(F)(F)F)n3)ccc21. The predicted molar refractivity (Wildman–Crippen MR) is 63.7 cm³/mol. The number of hydrogen-bond acceptors (Lipinski definition) is 4. The number of ether oxygens (including phenoxy) is 1. The van der Waals surface area contributed by atoms with Crippen molar-refractivity contribution in [3.05, 3.63) is 35.9 Å². The van der Waals surface area contributed by atoms with Crippen LogP contribution in [0, 0.1) is 0 Å². The van der Waals surface area contributed by atoms with Crippen LogP contribution in [0.5, 0.6) is 5.75 Å². The molecule has 1 atom stereocenters. The van der Waals surface area contributed by atoms with Crippen molar-refractivity contribution < 1.29 is 17.9 Å². The maximum atomic E-state index is 12.5. The second kappa shape index (κ2) is 4.48. The zero-order valence-electron chi connectivity index (χ0n) is 10.5. The third kappa shape index (κ3) is 2.11. The molecule has 0 radical (unpaired) electrons. The van der Waals surface area contributed by atoms with Gasteiger partial charge >= 0.3 is 6.18 Å². The Morgan fingerprint density at radius 2 is 2.20 bits per heavy atom. The van der Waals surface area contributed by atoms with Gasteiger partial charge in [0.2, 0.25) is 0 Å². The van der Waals surface area contributed by atoms with Gasteiger partial charge in [-0.2, -0.15) is 13.2 Å². The fraction of sp³-hybridized carbons (Fsp3) is 0.333. The Balaban J connectivity index is 1.94. The minimum atomic E-state index is -4.55. The Morgan fingerprint density at radius 1 is 1.40 bits per heavy atom. The summed E-state index contributed by atoms with van der Waals surface area (Å²) >= 11 is 0. The van der Waals surface area contributed by atoms with E-state index < -0.39 is 12.0 Å². The maximum Gasteiger partial charge on any atom is 0.453 e. The second-order valence-electron chi connectivity index (χ2n) is 4.38. The smallest absolute Gasteiger partial charge is 0.453 e. The average Bonchev–Trinajstić information content (AvgIpc) is 3.04. The molecule has 20 heavy (non-hydrogen) atoms. The molecule has 0 spiro atoms. The molecule has 1 aliphatic heterocycles. The summed E-state index contributed by atoms with van der Waals surface area (Å²) in [6.45, 7) is 0.500. The van der Waals surface area contributed by atoms with E-state index in [1.807, 2.05) is 13.1 Å². The van der Waals surface area contributed by atoms with Gasteiger partial charge in [-0.15, -0.1) is 5.10 Å². The van der Waals surface area contributed by atoms with Crippen LogP contribution in [0.4, 0.5) is 13.2 Å². The molecule has 0 amide bonds. The van der Waals surface area contributed by atoms with Crippen molar-refractivity contribution in [2.75, 3.05) is 13.7 Å². The van der Waals surface area contributed by atoms with Crippen molar-refractivity contribution in [3.63, 3.8) is 0 Å². The molecule has 106 valence electrons. The van der Waals surface area contributed by atoms with Crippen molar-refractivity contribution >= 4 is 0 Å². The van der Waals surface area contributed by atoms with E-state index in [4.69, 9.17) is 4.74 Å². The molecule has 1 aromatic heterocycles. The molecule has 1 aliphatic rings. The minimum absolute atomic E-state index is 0.0977. The summed E-state index contributed by atoms with van der Waals surface area (Å²) in [5.74, 6) is -0.516. The molecule has 0 saturated carbocycles. The Kier molecular flexibility index (Phi) is 2.89. The molecule has 8 heteroatoms. The van der Waals surface area contributed by atoms with Crippen LogP contribution < -0.4 is 10.1 Å². The van der Waals surface area contributed by atoms with Crippen LogP contribution in [0.1, 0.15) is 17.4 Å². The number of aromatic nitrogens is 3. The first-order valence-electron chi connectivity index (χ1n) is 5.92. The van der Waals surface area contributed by atoms with Crippen molar-refractivity contribution in [3.8, 4) is 11.4 Å². The average molecular weight is 284 g/mol. The van der Waals surface area contributed by atoms with Crippen molar-refractivity contribution in [1.29, 1.82) is 0 Å². The first-order chi connectivity index (χ1) is 9.49. The van der Waals surface area contributed by atoms with Crippen molar-refractivity contribution in [2.45, 2.75) is 12.2 Å². The van der Waals surface area contributed by atoms with Gasteiger partial charge in [-0.1, -0.05) is 6.07 Å². The Morgan fingerprint density at radius 3 is 2.85 bits per heavy atom. The second-order valence-corrected chi connectivity index (χ2v) is 4.38. The number of nitrogens with one attached hydrogen (secondary N) is 1. The predicted octanol–water partition coefficient (Wildman–Crippen LogP) is 1.94. The lowest BCUT2D eigenvalue weighted by molar-refractivity contribution is -0.144. The fourth-order valence-corrected chi connectivity index (χ4v) is 2.10. The van der Waals surface area contributed by atoms with Gasteiger partial charge < -0.3 is 10.1 Å². The van der Waals surface area contributed by atoms with Crippen LogP contribution in [0.3, 0.4) is 0 Å². The lowest BCUT2D eigenvalue weighted by atomic mass is 10.1. The lowest BCUT2D eigenvalue weighted by Gasteiger charge is -2.07. The maximum absolute atomic E-state index is 12.5. The van der Waals surface area contributed by atoms with Gasteiger partial charge in [0, 0.05) is 11.6 Å². The van der Waals surface area contributed by atoms with E-state index in [0.717, 1.165) is 16.6 Å². The van der Waals surface area contributed by atoms with Crippen LogP contribution in [0.25, 0.3) is 5.69 Å². The van der Waals surface area contributed by atoms with Gasteiger partial charge in [0.1, 0.15) is 18.7 Å². The molecule has 5 nitrogen and oxygen atoms in total. The summed E-state index contributed by atoms with van der Waals surface area (Å²) in [5.41, 5.74) is 1.45. The standard InChI is InChI=1S/C12H11F3N4O/c1-16-9-5-20-10-4-7(2-3-8(9)10)19-6-17-11(18-19)12(13,14)15/h2-4,6,9,16H,5H2,1H3/t9-/m1/s1. The minimum Gasteiger partial charge on any atom is -0.491 e. The zero-order chi connectivity index (χ0) is 14.3. The Bertz CT molecular complexity index is 638. The summed E-state index contributed by atoms with van der Waals surface area (Å²) in [4.78, 5) is 3.26. The van der Waals surface area contributed by atoms with Gasteiger partial charge in [0.25, 0.3) is 5.82 Å². The van der Waals surface area contributed by atoms with Gasteiger partial charge in [-0.05, 0) is 13.1 Å². The summed E-state index contributed by atoms with van der Waals surface area (Å²) in [7, 11) is 1.82. The van der Waals surface area contributed by atoms with E-state index in [1.54, 1.807) is 12.1 Å². The summed E-state index contributed by atoms with van der Waals surface area (Å²) in [5, 5.41) is 6.52. The highest BCUT2D eigenvalue weighted by molar-refractivity contribution is 5.47. The van der Waals surface area contributed by atoms with E-state index in [9.17, 15) is 13.2 Å². The zero-order valence-corrected chi connectivity index (χ0v) is 10.5. The molecule has 3 rings (SSSR count). The number of benzene rings is 1. The van der Waals surface area contributed by atoms with Gasteiger partial charge in [0.05, 0.1) is 11.7 Å². The summed E-state index contributed by atoms with van der Waals surface area (Å²) in [6.07, 6.45) is -3.51. The normalized spacial score (nSPS) is 17.9. The molecule has 0 fully saturated rings. The summed E-state index contributed by atoms with van der Waals surface area (Å²) in [6, 6.07) is 5.25. The third-order valence-electron chi connectivity index (χ3n) is 3.14. The topological polar surface area (TPSA) is 52.0 Å². The number of nitrogens with zero attached hydrogens (tertiary/aromatic N) is 3. The van der Waals surface area contributed by atoms with Crippen molar-refractivity contribution in [2.24, 2.45) is 0 Å². The van der Waals surface area contributed by atoms with Crippen LogP contribution in [-0.4, -0.2) is 28.4 Å². The number of halogens is 3. The highest BCUT2D eigenvalue weighted by Crippen LogP contribution is 2.34. The van der Waals surface area contributed by atoms with Crippen LogP contribution >= 0.6 is 0 Å². The number of likely N-dealkylation sites (N-methyl/N-ethyl adjacent to an activating group) is 1. The highest BCUT2D eigenvalue weighted by Gasteiger charge is 2.36. The Hall–Kier alpha value is -2.09. The van der Waals surface area contributed by atoms with Gasteiger partial charge in [-0.3, -0.25) is 0 Å². The largest absolute Gasteiger partial charge is 0.491 e. The Labute approximate surface area is 112 Å². The fourth-order valence-electron chi connectivity index (χ4n) is 2.10. The molecule has 1 N–H and O–H groups in total. The lowest BCUT2D eigenvalue weighted by Crippen LogP contribution is -2.17. The van der Waals surface area contributed by atoms with Gasteiger partial charge in [0.15, 0.2) is 0 Å². The monoisotopic (exact) mass is 284 g/mol. The molecule has 1 aromatic carbocycles. The molecular formula is C12H11F3N4O. The van der Waals surface area contributed by atoms with E-state index >= 15 is 0 Å². The van der Waals surface area contributed by atoms with Crippen LogP contribution in [0.2, 0.25) is 0 Å². The quantitative estimate of drug-likeness (QED) is 0.915. The molecule has 2 aromatic rings. The van der Waals surface area contributed by atoms with E-state index in [0.29, 0.717) is 18.0 Å². The highest BCUT2D eigenvalue weighted by atomic mass is 19.4. The number of hydrogen-bond donors (Lipinski definition) is 1. The molecule has 0 saturated heterocycles. The number of alkyl halides is 3. The number of rotatable bonds is 2. The van der Waals surface area contributed by atoms with Gasteiger partial charge in [-0.25, -0.2) is 9.67 Å². The molecule has 2 heterocycles. The van der Waals surface area contributed by atoms with Crippen LogP contribution in [0.15, 0.2) is 24.5 Å².